The van der Waals surface area contributed by atoms with Gasteiger partial charge in [0.05, 0.1) is 30.9 Å². The Hall–Kier alpha value is -4.27. The summed E-state index contributed by atoms with van der Waals surface area (Å²) in [6, 6.07) is 13.1. The van der Waals surface area contributed by atoms with E-state index in [9.17, 15) is 14.7 Å². The first-order valence-electron chi connectivity index (χ1n) is 12.4. The summed E-state index contributed by atoms with van der Waals surface area (Å²) in [6.45, 7) is 0. The SMILES string of the molecule is COc1ccc(C(NC(=O)c2ccc3c(c2)nc(-c2ccc[nH]2)n3C2CCCCC2)C(=O)O)cc1OC. The van der Waals surface area contributed by atoms with Crippen LogP contribution in [0.15, 0.2) is 54.7 Å². The molecule has 2 aromatic heterocycles. The number of nitrogens with zero attached hydrogens (tertiary/aromatic N) is 2. The first kappa shape index (κ1) is 24.4. The zero-order chi connectivity index (χ0) is 25.9. The Bertz CT molecular complexity index is 1420. The molecule has 0 radical (unpaired) electrons. The van der Waals surface area contributed by atoms with E-state index in [1.165, 1.54) is 33.5 Å². The highest BCUT2D eigenvalue weighted by Gasteiger charge is 2.26. The van der Waals surface area contributed by atoms with Gasteiger partial charge in [-0.3, -0.25) is 4.79 Å². The van der Waals surface area contributed by atoms with Crippen molar-refractivity contribution >= 4 is 22.9 Å². The number of aromatic nitrogens is 3. The molecule has 1 saturated carbocycles. The fourth-order valence-electron chi connectivity index (χ4n) is 5.14. The molecule has 192 valence electrons. The highest BCUT2D eigenvalue weighted by Crippen LogP contribution is 2.36. The predicted molar refractivity (Wildman–Crippen MR) is 139 cm³/mol. The van der Waals surface area contributed by atoms with Crippen molar-refractivity contribution in [2.75, 3.05) is 14.2 Å². The number of aromatic amines is 1. The van der Waals surface area contributed by atoms with Crippen LogP contribution < -0.4 is 14.8 Å². The third-order valence-corrected chi connectivity index (χ3v) is 6.99. The molecule has 1 amide bonds. The maximum absolute atomic E-state index is 13.2. The number of imidazole rings is 1. The molecular formula is C28H30N4O5. The van der Waals surface area contributed by atoms with E-state index >= 15 is 0 Å². The Kier molecular flexibility index (Phi) is 6.85. The van der Waals surface area contributed by atoms with Gasteiger partial charge < -0.3 is 29.4 Å². The quantitative estimate of drug-likeness (QED) is 0.308. The van der Waals surface area contributed by atoms with Crippen LogP contribution in [0.3, 0.4) is 0 Å². The Labute approximate surface area is 214 Å². The number of amides is 1. The minimum absolute atomic E-state index is 0.338. The van der Waals surface area contributed by atoms with E-state index in [1.807, 2.05) is 24.4 Å². The van der Waals surface area contributed by atoms with Gasteiger partial charge in [0, 0.05) is 17.8 Å². The molecule has 2 aromatic carbocycles. The molecular weight excluding hydrogens is 472 g/mol. The molecule has 2 heterocycles. The van der Waals surface area contributed by atoms with Gasteiger partial charge in [-0.25, -0.2) is 9.78 Å². The summed E-state index contributed by atoms with van der Waals surface area (Å²) in [5.41, 5.74) is 3.29. The van der Waals surface area contributed by atoms with Gasteiger partial charge in [-0.2, -0.15) is 0 Å². The number of aliphatic carboxylic acids is 1. The average Bonchev–Trinajstić information content (AvgIpc) is 3.59. The van der Waals surface area contributed by atoms with E-state index in [0.29, 0.717) is 34.2 Å². The van der Waals surface area contributed by atoms with Crippen molar-refractivity contribution in [3.05, 3.63) is 65.9 Å². The third kappa shape index (κ3) is 4.76. The summed E-state index contributed by atoms with van der Waals surface area (Å²) in [6.07, 6.45) is 7.67. The van der Waals surface area contributed by atoms with Crippen LogP contribution in [0.25, 0.3) is 22.6 Å². The lowest BCUT2D eigenvalue weighted by molar-refractivity contribution is -0.139. The molecule has 1 aliphatic carbocycles. The van der Waals surface area contributed by atoms with Crippen LogP contribution in [0.1, 0.15) is 60.1 Å². The zero-order valence-corrected chi connectivity index (χ0v) is 20.9. The number of carboxylic acids is 1. The van der Waals surface area contributed by atoms with Gasteiger partial charge in [0.25, 0.3) is 5.91 Å². The third-order valence-electron chi connectivity index (χ3n) is 6.99. The topological polar surface area (TPSA) is 118 Å². The van der Waals surface area contributed by atoms with E-state index < -0.39 is 17.9 Å². The second-order valence-corrected chi connectivity index (χ2v) is 9.24. The molecule has 9 heteroatoms. The molecule has 1 fully saturated rings. The first-order chi connectivity index (χ1) is 18.0. The molecule has 3 N–H and O–H groups in total. The lowest BCUT2D eigenvalue weighted by Gasteiger charge is -2.25. The van der Waals surface area contributed by atoms with Crippen molar-refractivity contribution in [1.82, 2.24) is 19.9 Å². The number of H-pyrrole nitrogens is 1. The number of ether oxygens (including phenoxy) is 2. The number of hydrogen-bond acceptors (Lipinski definition) is 5. The van der Waals surface area contributed by atoms with Crippen molar-refractivity contribution in [3.8, 4) is 23.0 Å². The summed E-state index contributed by atoms with van der Waals surface area (Å²) in [4.78, 5) is 33.4. The van der Waals surface area contributed by atoms with Gasteiger partial charge >= 0.3 is 5.97 Å². The average molecular weight is 503 g/mol. The number of benzene rings is 2. The van der Waals surface area contributed by atoms with Crippen molar-refractivity contribution in [3.63, 3.8) is 0 Å². The molecule has 4 aromatic rings. The van der Waals surface area contributed by atoms with E-state index in [-0.39, 0.29) is 0 Å². The van der Waals surface area contributed by atoms with Gasteiger partial charge in [-0.05, 0) is 60.9 Å². The molecule has 0 aliphatic heterocycles. The largest absolute Gasteiger partial charge is 0.493 e. The van der Waals surface area contributed by atoms with Crippen LogP contribution in [0.5, 0.6) is 11.5 Å². The smallest absolute Gasteiger partial charge is 0.330 e. The minimum atomic E-state index is -1.27. The lowest BCUT2D eigenvalue weighted by atomic mass is 9.95. The fraction of sp³-hybridized carbons (Fsp3) is 0.321. The Morgan fingerprint density at radius 1 is 1.05 bits per heavy atom. The van der Waals surface area contributed by atoms with E-state index in [1.54, 1.807) is 30.3 Å². The molecule has 0 spiro atoms. The van der Waals surface area contributed by atoms with Gasteiger partial charge in [-0.15, -0.1) is 0 Å². The maximum atomic E-state index is 13.2. The Morgan fingerprint density at radius 3 is 2.51 bits per heavy atom. The molecule has 0 saturated heterocycles. The summed E-state index contributed by atoms with van der Waals surface area (Å²) in [5, 5.41) is 12.5. The number of fused-ring (bicyclic) bond motifs is 1. The number of methoxy groups -OCH3 is 2. The van der Waals surface area contributed by atoms with E-state index in [2.05, 4.69) is 14.9 Å². The van der Waals surface area contributed by atoms with E-state index in [0.717, 1.165) is 29.9 Å². The number of carboxylic acid groups (broad SMARTS) is 1. The number of carbonyl (C=O) groups is 2. The lowest BCUT2D eigenvalue weighted by Crippen LogP contribution is -2.33. The summed E-state index contributed by atoms with van der Waals surface area (Å²) in [5.74, 6) is 0.0128. The van der Waals surface area contributed by atoms with Crippen LogP contribution in [0.2, 0.25) is 0 Å². The van der Waals surface area contributed by atoms with Crippen LogP contribution in [-0.2, 0) is 4.79 Å². The number of nitrogens with one attached hydrogen (secondary N) is 2. The van der Waals surface area contributed by atoms with Crippen molar-refractivity contribution < 1.29 is 24.2 Å². The van der Waals surface area contributed by atoms with Crippen molar-refractivity contribution in [2.24, 2.45) is 0 Å². The normalized spacial score (nSPS) is 14.9. The first-order valence-corrected chi connectivity index (χ1v) is 12.4. The van der Waals surface area contributed by atoms with Crippen LogP contribution in [-0.4, -0.2) is 45.7 Å². The zero-order valence-electron chi connectivity index (χ0n) is 20.9. The van der Waals surface area contributed by atoms with Crippen LogP contribution in [0.4, 0.5) is 0 Å². The maximum Gasteiger partial charge on any atom is 0.330 e. The fourth-order valence-corrected chi connectivity index (χ4v) is 5.14. The Balaban J connectivity index is 1.48. The molecule has 1 unspecified atom stereocenters. The van der Waals surface area contributed by atoms with Gasteiger partial charge in [0.1, 0.15) is 0 Å². The molecule has 1 aliphatic rings. The van der Waals surface area contributed by atoms with E-state index in [4.69, 9.17) is 14.5 Å². The van der Waals surface area contributed by atoms with Crippen LogP contribution >= 0.6 is 0 Å². The summed E-state index contributed by atoms with van der Waals surface area (Å²) < 4.78 is 12.8. The molecule has 1 atom stereocenters. The highest BCUT2D eigenvalue weighted by molar-refractivity contribution is 5.99. The molecule has 5 rings (SSSR count). The monoisotopic (exact) mass is 502 g/mol. The predicted octanol–water partition coefficient (Wildman–Crippen LogP) is 5.11. The summed E-state index contributed by atoms with van der Waals surface area (Å²) >= 11 is 0. The molecule has 9 nitrogen and oxygen atoms in total. The molecule has 0 bridgehead atoms. The van der Waals surface area contributed by atoms with Gasteiger partial charge in [0.2, 0.25) is 0 Å². The van der Waals surface area contributed by atoms with Gasteiger partial charge in [-0.1, -0.05) is 25.3 Å². The second kappa shape index (κ2) is 10.4. The van der Waals surface area contributed by atoms with Gasteiger partial charge in [0.15, 0.2) is 23.4 Å². The van der Waals surface area contributed by atoms with Crippen LogP contribution in [0, 0.1) is 0 Å². The Morgan fingerprint density at radius 2 is 1.84 bits per heavy atom. The number of rotatable bonds is 8. The number of hydrogen-bond donors (Lipinski definition) is 3. The van der Waals surface area contributed by atoms with Crippen molar-refractivity contribution in [1.29, 1.82) is 0 Å². The highest BCUT2D eigenvalue weighted by atomic mass is 16.5. The van der Waals surface area contributed by atoms with Crippen molar-refractivity contribution in [2.45, 2.75) is 44.2 Å². The summed E-state index contributed by atoms with van der Waals surface area (Å²) in [7, 11) is 2.97. The molecule has 37 heavy (non-hydrogen) atoms. The minimum Gasteiger partial charge on any atom is -0.493 e. The standard InChI is InChI=1S/C28H30N4O5/c1-36-23-13-11-17(16-24(23)37-2)25(28(34)35)31-27(33)18-10-12-22-21(15-18)30-26(20-9-6-14-29-20)32(22)19-7-4-3-5-8-19/h6,9-16,19,25,29H,3-5,7-8H2,1-2H3,(H,31,33)(H,34,35). The second-order valence-electron chi connectivity index (χ2n) is 9.24. The number of carbonyl (C=O) groups excluding carboxylic acids is 1.